The third-order valence-corrected chi connectivity index (χ3v) is 14.5. The molecule has 0 amide bonds. The lowest BCUT2D eigenvalue weighted by molar-refractivity contribution is -0.299. The summed E-state index contributed by atoms with van der Waals surface area (Å²) in [5, 5.41) is 16.4. The van der Waals surface area contributed by atoms with E-state index < -0.39 is 165 Å². The van der Waals surface area contributed by atoms with Crippen LogP contribution in [-0.2, 0) is 63.4 Å². The summed E-state index contributed by atoms with van der Waals surface area (Å²) in [5.74, 6) is -10.6. The minimum atomic E-state index is -6.14. The molecule has 3 rings (SSSR count). The number of cyclic esters (lactones) is 1. The largest absolute Gasteiger partial charge is 0.463 e. The van der Waals surface area contributed by atoms with Gasteiger partial charge in [0.2, 0.25) is 6.10 Å². The van der Waals surface area contributed by atoms with Gasteiger partial charge in [-0.3, -0.25) is 23.7 Å². The summed E-state index contributed by atoms with van der Waals surface area (Å²) in [6, 6.07) is 8.45. The highest BCUT2D eigenvalue weighted by molar-refractivity contribution is 7.86. The fourth-order valence-electron chi connectivity index (χ4n) is 9.09. The second kappa shape index (κ2) is 20.2. The van der Waals surface area contributed by atoms with E-state index in [0.717, 1.165) is 20.8 Å². The Morgan fingerprint density at radius 3 is 1.58 bits per heavy atom. The molecule has 1 aliphatic heterocycles. The monoisotopic (exact) mass is 1030 g/mol. The highest BCUT2D eigenvalue weighted by Crippen LogP contribution is 2.53. The van der Waals surface area contributed by atoms with Crippen molar-refractivity contribution in [1.29, 1.82) is 0 Å². The third-order valence-electron chi connectivity index (χ3n) is 13.6. The Hall–Kier alpha value is -4.16. The van der Waals surface area contributed by atoms with E-state index in [9.17, 15) is 77.7 Å². The molecule has 1 aromatic carbocycles. The average molecular weight is 1030 g/mol. The molecule has 69 heavy (non-hydrogen) atoms. The van der Waals surface area contributed by atoms with Crippen LogP contribution in [0.15, 0.2) is 30.3 Å². The van der Waals surface area contributed by atoms with E-state index in [1.165, 1.54) is 13.8 Å². The first-order valence-corrected chi connectivity index (χ1v) is 23.3. The van der Waals surface area contributed by atoms with Gasteiger partial charge < -0.3 is 33.9 Å². The van der Waals surface area contributed by atoms with Gasteiger partial charge in [-0.1, -0.05) is 37.3 Å². The number of carbonyl (C=O) groups is 5. The fraction of sp³-hybridized carbons (Fsp3) is 0.756. The zero-order valence-electron chi connectivity index (χ0n) is 39.9. The van der Waals surface area contributed by atoms with Gasteiger partial charge in [-0.25, -0.2) is 4.79 Å². The van der Waals surface area contributed by atoms with E-state index >= 15 is 0 Å². The van der Waals surface area contributed by atoms with Crippen LogP contribution in [0.4, 0.5) is 35.1 Å². The number of alkyl halides is 8. The molecule has 0 bridgehead atoms. The van der Waals surface area contributed by atoms with Gasteiger partial charge in [-0.2, -0.15) is 43.5 Å². The molecule has 8 unspecified atom stereocenters. The lowest BCUT2D eigenvalue weighted by Gasteiger charge is -2.47. The van der Waals surface area contributed by atoms with Crippen LogP contribution in [0.3, 0.4) is 0 Å². The molecule has 2 fully saturated rings. The molecule has 1 saturated heterocycles. The first kappa shape index (κ1) is 59.2. The predicted octanol–water partition coefficient (Wildman–Crippen LogP) is 7.93. The molecule has 1 heterocycles. The molecular formula is C45H62F8O15S. The maximum Gasteiger partial charge on any atom is 0.417 e. The van der Waals surface area contributed by atoms with Gasteiger partial charge in [-0.15, -0.1) is 0 Å². The topological polar surface area (TPSA) is 226 Å². The van der Waals surface area contributed by atoms with Gasteiger partial charge in [-0.05, 0) is 113 Å². The number of rotatable bonds is 20. The summed E-state index contributed by atoms with van der Waals surface area (Å²) in [7, 11) is -6.14. The zero-order valence-corrected chi connectivity index (χ0v) is 40.8. The molecule has 1 aromatic rings. The van der Waals surface area contributed by atoms with Gasteiger partial charge >= 0.3 is 57.6 Å². The second-order valence-electron chi connectivity index (χ2n) is 20.7. The van der Waals surface area contributed by atoms with Crippen molar-refractivity contribution >= 4 is 40.0 Å². The first-order chi connectivity index (χ1) is 30.9. The minimum absolute atomic E-state index is 0.0882. The number of benzene rings is 1. The van der Waals surface area contributed by atoms with Gasteiger partial charge in [0.15, 0.2) is 17.8 Å². The Bertz CT molecular complexity index is 2130. The number of ether oxygens (including phenoxy) is 5. The summed E-state index contributed by atoms with van der Waals surface area (Å²) < 4.78 is 172. The molecule has 0 spiro atoms. The molecule has 0 radical (unpaired) electrons. The van der Waals surface area contributed by atoms with Gasteiger partial charge in [0, 0.05) is 18.3 Å². The average Bonchev–Trinajstić information content (AvgIpc) is 3.61. The molecule has 3 N–H and O–H groups in total. The van der Waals surface area contributed by atoms with E-state index in [-0.39, 0.29) is 19.4 Å². The summed E-state index contributed by atoms with van der Waals surface area (Å²) in [6.45, 7) is 8.51. The molecule has 1 saturated carbocycles. The Kier molecular flexibility index (Phi) is 17.3. The van der Waals surface area contributed by atoms with Crippen molar-refractivity contribution in [3.05, 3.63) is 35.9 Å². The van der Waals surface area contributed by atoms with Crippen molar-refractivity contribution in [2.45, 2.75) is 167 Å². The van der Waals surface area contributed by atoms with Crippen molar-refractivity contribution in [3.8, 4) is 0 Å². The molecule has 24 heteroatoms. The van der Waals surface area contributed by atoms with Crippen LogP contribution in [-0.4, -0.2) is 107 Å². The lowest BCUT2D eigenvalue weighted by atomic mass is 9.61. The number of aliphatic hydroxyl groups is 2. The smallest absolute Gasteiger partial charge is 0.417 e. The summed E-state index contributed by atoms with van der Waals surface area (Å²) in [6.07, 6.45) is -20.1. The van der Waals surface area contributed by atoms with Crippen LogP contribution in [0.1, 0.15) is 126 Å². The molecule has 15 nitrogen and oxygen atoms in total. The van der Waals surface area contributed by atoms with E-state index in [0.29, 0.717) is 19.4 Å². The van der Waals surface area contributed by atoms with Crippen molar-refractivity contribution in [2.24, 2.45) is 33.5 Å². The van der Waals surface area contributed by atoms with E-state index in [1.54, 1.807) is 51.1 Å². The van der Waals surface area contributed by atoms with Crippen LogP contribution >= 0.6 is 0 Å². The van der Waals surface area contributed by atoms with Crippen molar-refractivity contribution in [3.63, 3.8) is 0 Å². The number of halogens is 8. The van der Waals surface area contributed by atoms with Gasteiger partial charge in [0.25, 0.3) is 0 Å². The molecule has 2 aliphatic rings. The van der Waals surface area contributed by atoms with Gasteiger partial charge in [0.1, 0.15) is 11.7 Å². The van der Waals surface area contributed by atoms with E-state index in [2.05, 4.69) is 4.74 Å². The third kappa shape index (κ3) is 13.4. The lowest BCUT2D eigenvalue weighted by Crippen LogP contribution is -2.57. The van der Waals surface area contributed by atoms with Gasteiger partial charge in [0.05, 0.1) is 28.3 Å². The first-order valence-electron chi connectivity index (χ1n) is 21.9. The summed E-state index contributed by atoms with van der Waals surface area (Å²) in [5.41, 5.74) is -16.7. The zero-order chi connectivity index (χ0) is 53.4. The minimum Gasteiger partial charge on any atom is -0.463 e. The molecule has 1 aliphatic carbocycles. The number of esters is 5. The van der Waals surface area contributed by atoms with E-state index in [4.69, 9.17) is 23.5 Å². The molecular weight excluding hydrogens is 965 g/mol. The molecule has 8 atom stereocenters. The number of carbonyl (C=O) groups excluding carboxylic acids is 5. The normalized spacial score (nSPS) is 24.2. The van der Waals surface area contributed by atoms with Crippen molar-refractivity contribution in [2.75, 3.05) is 13.2 Å². The molecule has 0 aromatic heterocycles. The van der Waals surface area contributed by atoms with Crippen LogP contribution in [0.25, 0.3) is 0 Å². The summed E-state index contributed by atoms with van der Waals surface area (Å²) in [4.78, 5) is 70.0. The maximum absolute atomic E-state index is 14.9. The van der Waals surface area contributed by atoms with Crippen LogP contribution < -0.4 is 0 Å². The SMILES string of the molecule is CCC(C)(CC(C)(CC(C)(CC(C)(C)C(=O)OCC(F)(F)S(=O)(=O)O)C(=O)OC1CC(C(C)(O)C(F)(F)F)CC(C(C)(O)C(F)(F)F)C1)C(=O)OC1CCOC1=O)C(=O)OC(C)(C)c1ccccc1. The number of hydrogen-bond donors (Lipinski definition) is 3. The second-order valence-corrected chi connectivity index (χ2v) is 22.2. The Labute approximate surface area is 395 Å². The highest BCUT2D eigenvalue weighted by atomic mass is 32.2. The highest BCUT2D eigenvalue weighted by Gasteiger charge is 2.63. The Balaban J connectivity index is 2.26. The maximum atomic E-state index is 14.9. The Morgan fingerprint density at radius 1 is 0.681 bits per heavy atom. The number of hydrogen-bond acceptors (Lipinski definition) is 14. The quantitative estimate of drug-likeness (QED) is 0.0488. The van der Waals surface area contributed by atoms with Crippen LogP contribution in [0.5, 0.6) is 0 Å². The summed E-state index contributed by atoms with van der Waals surface area (Å²) >= 11 is 0. The molecule has 394 valence electrons. The van der Waals surface area contributed by atoms with Crippen molar-refractivity contribution in [1.82, 2.24) is 0 Å². The fourth-order valence-corrected chi connectivity index (χ4v) is 9.30. The Morgan fingerprint density at radius 2 is 1.14 bits per heavy atom. The van der Waals surface area contributed by atoms with Crippen LogP contribution in [0.2, 0.25) is 0 Å². The van der Waals surface area contributed by atoms with Crippen molar-refractivity contribution < 1.29 is 106 Å². The van der Waals surface area contributed by atoms with Crippen LogP contribution in [0, 0.1) is 33.5 Å². The predicted molar refractivity (Wildman–Crippen MR) is 225 cm³/mol. The standard InChI is InChI=1S/C45H62F8O15S/c1-11-38(6,35(58)68-37(4,5)26-15-13-12-14-16-26)23-40(8,34(57)67-30-17-18-64-31(30)54)24-39(7,22-36(2,3)32(55)65-25-43(46,47)69(61,62)63)33(56)66-29-20-27(41(9,59)44(48,49)50)19-28(21-29)42(10,60)45(51,52)53/h12-16,27-30,59-60H,11,17-25H2,1-10H3,(H,61,62,63). The van der Waals surface area contributed by atoms with E-state index in [1.807, 2.05) is 0 Å².